The van der Waals surface area contributed by atoms with Gasteiger partial charge in [0.1, 0.15) is 0 Å². The fourth-order valence-electron chi connectivity index (χ4n) is 1.13. The van der Waals surface area contributed by atoms with E-state index < -0.39 is 5.97 Å². The summed E-state index contributed by atoms with van der Waals surface area (Å²) in [6.07, 6.45) is 1.29. The van der Waals surface area contributed by atoms with Crippen molar-refractivity contribution < 1.29 is 14.7 Å². The largest absolute Gasteiger partial charge is 0.478 e. The van der Waals surface area contributed by atoms with E-state index in [1.165, 1.54) is 24.0 Å². The van der Waals surface area contributed by atoms with E-state index in [1.807, 2.05) is 6.92 Å². The predicted octanol–water partition coefficient (Wildman–Crippen LogP) is 1.40. The zero-order valence-corrected chi connectivity index (χ0v) is 10.5. The number of amides is 1. The topological polar surface area (TPSA) is 79.3 Å². The second kappa shape index (κ2) is 6.24. The summed E-state index contributed by atoms with van der Waals surface area (Å²) in [5.41, 5.74) is 0.139. The molecule has 0 aliphatic rings. The van der Waals surface area contributed by atoms with E-state index in [0.29, 0.717) is 11.6 Å². The van der Waals surface area contributed by atoms with Gasteiger partial charge in [-0.15, -0.1) is 0 Å². The number of carboxylic acids is 1. The van der Waals surface area contributed by atoms with E-state index in [1.54, 1.807) is 13.0 Å². The number of carbonyl (C=O) groups is 2. The first-order chi connectivity index (χ1) is 8.04. The highest BCUT2D eigenvalue weighted by Crippen LogP contribution is 2.21. The molecule has 0 fully saturated rings. The third-order valence-electron chi connectivity index (χ3n) is 2.00. The van der Waals surface area contributed by atoms with E-state index >= 15 is 0 Å². The maximum Gasteiger partial charge on any atom is 0.337 e. The maximum absolute atomic E-state index is 11.5. The summed E-state index contributed by atoms with van der Waals surface area (Å²) >= 11 is 1.30. The zero-order chi connectivity index (χ0) is 12.8. The first kappa shape index (κ1) is 13.5. The molecular weight excluding hydrogens is 240 g/mol. The molecule has 0 aliphatic heterocycles. The number of carboxylic acid groups (broad SMARTS) is 1. The second-order valence-corrected chi connectivity index (χ2v) is 4.71. The van der Waals surface area contributed by atoms with Crippen molar-refractivity contribution in [1.29, 1.82) is 0 Å². The lowest BCUT2D eigenvalue weighted by Crippen LogP contribution is -2.30. The van der Waals surface area contributed by atoms with Gasteiger partial charge < -0.3 is 10.4 Å². The van der Waals surface area contributed by atoms with E-state index in [0.717, 1.165) is 0 Å². The molecule has 1 atom stereocenters. The average Bonchev–Trinajstić information content (AvgIpc) is 2.30. The molecule has 0 saturated carbocycles. The minimum atomic E-state index is -1.01. The average molecular weight is 254 g/mol. The Morgan fingerprint density at radius 2 is 2.24 bits per heavy atom. The normalized spacial score (nSPS) is 11.9. The van der Waals surface area contributed by atoms with Gasteiger partial charge in [-0.3, -0.25) is 4.79 Å². The van der Waals surface area contributed by atoms with Crippen molar-refractivity contribution in [3.63, 3.8) is 0 Å². The first-order valence-electron chi connectivity index (χ1n) is 5.18. The molecule has 92 valence electrons. The van der Waals surface area contributed by atoms with Crippen molar-refractivity contribution in [3.8, 4) is 0 Å². The summed E-state index contributed by atoms with van der Waals surface area (Å²) in [6, 6.07) is 3.08. The Kier molecular flexibility index (Phi) is 4.96. The van der Waals surface area contributed by atoms with Crippen molar-refractivity contribution in [2.45, 2.75) is 24.1 Å². The monoisotopic (exact) mass is 254 g/mol. The highest BCUT2D eigenvalue weighted by Gasteiger charge is 2.14. The molecule has 0 bridgehead atoms. The third kappa shape index (κ3) is 4.07. The SMILES string of the molecule is CCNC(=O)C(C)Sc1ccc(C(=O)O)cn1. The number of nitrogens with zero attached hydrogens (tertiary/aromatic N) is 1. The molecule has 17 heavy (non-hydrogen) atoms. The van der Waals surface area contributed by atoms with Crippen molar-refractivity contribution >= 4 is 23.6 Å². The number of rotatable bonds is 5. The van der Waals surface area contributed by atoms with Crippen LogP contribution in [0.25, 0.3) is 0 Å². The third-order valence-corrected chi connectivity index (χ3v) is 3.05. The molecule has 0 saturated heterocycles. The quantitative estimate of drug-likeness (QED) is 0.776. The Bertz CT molecular complexity index is 406. The summed E-state index contributed by atoms with van der Waals surface area (Å²) in [6.45, 7) is 4.23. The number of pyridine rings is 1. The van der Waals surface area contributed by atoms with Gasteiger partial charge in [-0.1, -0.05) is 11.8 Å². The molecule has 1 amide bonds. The van der Waals surface area contributed by atoms with Gasteiger partial charge in [0.05, 0.1) is 15.8 Å². The molecule has 2 N–H and O–H groups in total. The zero-order valence-electron chi connectivity index (χ0n) is 9.64. The molecule has 6 heteroatoms. The Hall–Kier alpha value is -1.56. The van der Waals surface area contributed by atoms with Crippen molar-refractivity contribution in [1.82, 2.24) is 10.3 Å². The summed E-state index contributed by atoms with van der Waals surface area (Å²) < 4.78 is 0. The van der Waals surface area contributed by atoms with Crippen LogP contribution in [0.3, 0.4) is 0 Å². The Balaban J connectivity index is 2.63. The molecule has 1 unspecified atom stereocenters. The smallest absolute Gasteiger partial charge is 0.337 e. The summed E-state index contributed by atoms with van der Waals surface area (Å²) in [7, 11) is 0. The Morgan fingerprint density at radius 3 is 2.71 bits per heavy atom. The van der Waals surface area contributed by atoms with Gasteiger partial charge >= 0.3 is 5.97 Å². The number of aromatic nitrogens is 1. The second-order valence-electron chi connectivity index (χ2n) is 3.34. The molecule has 0 aromatic carbocycles. The molecular formula is C11H14N2O3S. The van der Waals surface area contributed by atoms with Gasteiger partial charge in [0, 0.05) is 12.7 Å². The standard InChI is InChI=1S/C11H14N2O3S/c1-3-12-10(14)7(2)17-9-5-4-8(6-13-9)11(15)16/h4-7H,3H2,1-2H3,(H,12,14)(H,15,16). The number of hydrogen-bond acceptors (Lipinski definition) is 4. The molecule has 0 aliphatic carbocycles. The van der Waals surface area contributed by atoms with Gasteiger partial charge in [-0.2, -0.15) is 0 Å². The van der Waals surface area contributed by atoms with Gasteiger partial charge in [-0.25, -0.2) is 9.78 Å². The van der Waals surface area contributed by atoms with Gasteiger partial charge in [0.2, 0.25) is 5.91 Å². The summed E-state index contributed by atoms with van der Waals surface area (Å²) in [5.74, 6) is -1.06. The minimum absolute atomic E-state index is 0.0541. The van der Waals surface area contributed by atoms with Crippen LogP contribution in [0.15, 0.2) is 23.4 Å². The maximum atomic E-state index is 11.5. The predicted molar refractivity (Wildman–Crippen MR) is 65.2 cm³/mol. The molecule has 0 spiro atoms. The van der Waals surface area contributed by atoms with Crippen LogP contribution in [0.4, 0.5) is 0 Å². The van der Waals surface area contributed by atoms with Gasteiger partial charge in [0.25, 0.3) is 0 Å². The molecule has 1 aromatic heterocycles. The summed E-state index contributed by atoms with van der Waals surface area (Å²) in [5, 5.41) is 11.8. The number of hydrogen-bond donors (Lipinski definition) is 2. The van der Waals surface area contributed by atoms with Crippen molar-refractivity contribution in [3.05, 3.63) is 23.9 Å². The van der Waals surface area contributed by atoms with Crippen molar-refractivity contribution in [2.75, 3.05) is 6.54 Å². The minimum Gasteiger partial charge on any atom is -0.478 e. The lowest BCUT2D eigenvalue weighted by molar-refractivity contribution is -0.120. The number of thioether (sulfide) groups is 1. The Morgan fingerprint density at radius 1 is 1.53 bits per heavy atom. The fourth-order valence-corrected chi connectivity index (χ4v) is 1.94. The molecule has 0 radical (unpaired) electrons. The number of carbonyl (C=O) groups excluding carboxylic acids is 1. The van der Waals surface area contributed by atoms with Crippen LogP contribution in [0.2, 0.25) is 0 Å². The number of aromatic carboxylic acids is 1. The van der Waals surface area contributed by atoms with Gasteiger partial charge in [-0.05, 0) is 26.0 Å². The van der Waals surface area contributed by atoms with Crippen LogP contribution in [-0.4, -0.2) is 33.8 Å². The number of nitrogens with one attached hydrogen (secondary N) is 1. The van der Waals surface area contributed by atoms with Crippen LogP contribution in [0, 0.1) is 0 Å². The van der Waals surface area contributed by atoms with Crippen LogP contribution < -0.4 is 5.32 Å². The lowest BCUT2D eigenvalue weighted by Gasteiger charge is -2.09. The van der Waals surface area contributed by atoms with Crippen molar-refractivity contribution in [2.24, 2.45) is 0 Å². The molecule has 1 aromatic rings. The van der Waals surface area contributed by atoms with E-state index in [2.05, 4.69) is 10.3 Å². The van der Waals surface area contributed by atoms with Crippen LogP contribution >= 0.6 is 11.8 Å². The van der Waals surface area contributed by atoms with E-state index in [9.17, 15) is 9.59 Å². The molecule has 5 nitrogen and oxygen atoms in total. The Labute approximate surface area is 104 Å². The van der Waals surface area contributed by atoms with Crippen LogP contribution in [0.5, 0.6) is 0 Å². The van der Waals surface area contributed by atoms with Crippen LogP contribution in [-0.2, 0) is 4.79 Å². The van der Waals surface area contributed by atoms with E-state index in [4.69, 9.17) is 5.11 Å². The van der Waals surface area contributed by atoms with Crippen LogP contribution in [0.1, 0.15) is 24.2 Å². The molecule has 1 rings (SSSR count). The first-order valence-corrected chi connectivity index (χ1v) is 6.06. The van der Waals surface area contributed by atoms with E-state index in [-0.39, 0.29) is 16.7 Å². The highest BCUT2D eigenvalue weighted by atomic mass is 32.2. The summed E-state index contributed by atoms with van der Waals surface area (Å²) in [4.78, 5) is 26.1. The fraction of sp³-hybridized carbons (Fsp3) is 0.364. The highest BCUT2D eigenvalue weighted by molar-refractivity contribution is 8.00. The molecule has 1 heterocycles. The van der Waals surface area contributed by atoms with Gasteiger partial charge in [0.15, 0.2) is 0 Å². The lowest BCUT2D eigenvalue weighted by atomic mass is 10.3.